The van der Waals surface area contributed by atoms with Crippen molar-refractivity contribution in [1.29, 1.82) is 0 Å². The lowest BCUT2D eigenvalue weighted by Gasteiger charge is -2.27. The van der Waals surface area contributed by atoms with Crippen molar-refractivity contribution >= 4 is 21.6 Å². The number of aryl methyl sites for hydroxylation is 3. The van der Waals surface area contributed by atoms with Gasteiger partial charge in [0.05, 0.1) is 23.7 Å². The predicted octanol–water partition coefficient (Wildman–Crippen LogP) is 5.72. The van der Waals surface area contributed by atoms with Crippen LogP contribution in [0, 0.1) is 20.8 Å². The third-order valence-electron chi connectivity index (χ3n) is 6.35. The molecule has 4 aromatic rings. The normalized spacial score (nSPS) is 12.0. The van der Waals surface area contributed by atoms with Crippen LogP contribution in [0.25, 0.3) is 0 Å². The zero-order chi connectivity index (χ0) is 27.3. The third kappa shape index (κ3) is 6.06. The highest BCUT2D eigenvalue weighted by molar-refractivity contribution is 7.92. The minimum absolute atomic E-state index is 0.0950. The summed E-state index contributed by atoms with van der Waals surface area (Å²) in [7, 11) is -2.61. The first-order chi connectivity index (χ1) is 18.2. The van der Waals surface area contributed by atoms with Crippen molar-refractivity contribution in [2.75, 3.05) is 18.0 Å². The number of nitrogens with one attached hydrogen (secondary N) is 1. The molecule has 4 aromatic carbocycles. The summed E-state index contributed by atoms with van der Waals surface area (Å²) >= 11 is 0. The zero-order valence-corrected chi connectivity index (χ0v) is 22.8. The lowest BCUT2D eigenvalue weighted by Crippen LogP contribution is -2.42. The van der Waals surface area contributed by atoms with E-state index in [-0.39, 0.29) is 4.90 Å². The van der Waals surface area contributed by atoms with Gasteiger partial charge in [0.1, 0.15) is 12.3 Å². The van der Waals surface area contributed by atoms with Crippen LogP contribution < -0.4 is 14.4 Å². The smallest absolute Gasteiger partial charge is 0.264 e. The molecule has 38 heavy (non-hydrogen) atoms. The van der Waals surface area contributed by atoms with Crippen LogP contribution in [0.3, 0.4) is 0 Å². The van der Waals surface area contributed by atoms with Crippen LogP contribution in [0.1, 0.15) is 33.9 Å². The lowest BCUT2D eigenvalue weighted by atomic mass is 9.98. The molecule has 0 heterocycles. The molecule has 7 heteroatoms. The minimum Gasteiger partial charge on any atom is -0.495 e. The van der Waals surface area contributed by atoms with Crippen LogP contribution in [-0.4, -0.2) is 28.0 Å². The molecule has 0 bridgehead atoms. The number of carbonyl (C=O) groups is 1. The van der Waals surface area contributed by atoms with Gasteiger partial charge >= 0.3 is 0 Å². The van der Waals surface area contributed by atoms with E-state index in [1.165, 1.54) is 7.11 Å². The topological polar surface area (TPSA) is 75.7 Å². The summed E-state index contributed by atoms with van der Waals surface area (Å²) in [6.07, 6.45) is 0. The summed E-state index contributed by atoms with van der Waals surface area (Å²) < 4.78 is 34.5. The van der Waals surface area contributed by atoms with E-state index < -0.39 is 28.5 Å². The van der Waals surface area contributed by atoms with E-state index in [4.69, 9.17) is 4.74 Å². The highest BCUT2D eigenvalue weighted by atomic mass is 32.2. The molecule has 0 aliphatic rings. The third-order valence-corrected chi connectivity index (χ3v) is 8.12. The van der Waals surface area contributed by atoms with E-state index >= 15 is 0 Å². The van der Waals surface area contributed by atoms with Gasteiger partial charge in [0.25, 0.3) is 10.0 Å². The molecule has 1 N–H and O–H groups in total. The lowest BCUT2D eigenvalue weighted by molar-refractivity contribution is -0.120. The Labute approximate surface area is 225 Å². The number of rotatable bonds is 9. The predicted molar refractivity (Wildman–Crippen MR) is 151 cm³/mol. The molecule has 0 aromatic heterocycles. The fraction of sp³-hybridized carbons (Fsp3) is 0.194. The second-order valence-corrected chi connectivity index (χ2v) is 11.2. The maximum absolute atomic E-state index is 13.9. The van der Waals surface area contributed by atoms with E-state index in [9.17, 15) is 13.2 Å². The van der Waals surface area contributed by atoms with Crippen LogP contribution >= 0.6 is 0 Å². The largest absolute Gasteiger partial charge is 0.495 e. The number of methoxy groups -OCH3 is 1. The van der Waals surface area contributed by atoms with E-state index in [1.54, 1.807) is 36.4 Å². The molecule has 0 radical (unpaired) electrons. The van der Waals surface area contributed by atoms with Gasteiger partial charge in [-0.25, -0.2) is 8.42 Å². The number of sulfonamides is 1. The summed E-state index contributed by atoms with van der Waals surface area (Å²) in [4.78, 5) is 13.7. The van der Waals surface area contributed by atoms with Crippen molar-refractivity contribution in [3.63, 3.8) is 0 Å². The number of ether oxygens (including phenoxy) is 1. The Balaban J connectivity index is 1.74. The Kier molecular flexibility index (Phi) is 8.17. The molecule has 1 unspecified atom stereocenters. The molecule has 0 aliphatic carbocycles. The van der Waals surface area contributed by atoms with E-state index in [1.807, 2.05) is 81.4 Å². The number of carbonyl (C=O) groups excluding carboxylic acids is 1. The van der Waals surface area contributed by atoms with Crippen molar-refractivity contribution in [2.24, 2.45) is 0 Å². The van der Waals surface area contributed by atoms with Gasteiger partial charge in [-0.05, 0) is 61.7 Å². The first kappa shape index (κ1) is 26.9. The second-order valence-electron chi connectivity index (χ2n) is 9.32. The highest BCUT2D eigenvalue weighted by Crippen LogP contribution is 2.33. The van der Waals surface area contributed by atoms with Gasteiger partial charge in [-0.3, -0.25) is 9.10 Å². The number of hydrogen-bond donors (Lipinski definition) is 1. The second kappa shape index (κ2) is 11.5. The monoisotopic (exact) mass is 528 g/mol. The van der Waals surface area contributed by atoms with Gasteiger partial charge in [-0.2, -0.15) is 0 Å². The molecular formula is C31H32N2O4S. The Bertz CT molecular complexity index is 1500. The summed E-state index contributed by atoms with van der Waals surface area (Å²) in [5, 5.41) is 3.07. The van der Waals surface area contributed by atoms with Crippen LogP contribution in [-0.2, 0) is 14.8 Å². The standard InChI is InChI=1S/C31H32N2O4S/c1-22-10-15-26(16-11-22)31(25-8-6-5-7-9-25)32-30(34)21-33(28-20-24(3)14-19-29(28)37-4)38(35,36)27-17-12-23(2)13-18-27/h5-20,31H,21H2,1-4H3,(H,32,34). The van der Waals surface area contributed by atoms with Gasteiger partial charge in [0.15, 0.2) is 0 Å². The van der Waals surface area contributed by atoms with Crippen molar-refractivity contribution in [3.8, 4) is 5.75 Å². The van der Waals surface area contributed by atoms with Gasteiger partial charge < -0.3 is 10.1 Å². The summed E-state index contributed by atoms with van der Waals surface area (Å²) in [6, 6.07) is 28.9. The number of hydrogen-bond acceptors (Lipinski definition) is 4. The Morgan fingerprint density at radius 2 is 1.34 bits per heavy atom. The molecule has 4 rings (SSSR count). The first-order valence-electron chi connectivity index (χ1n) is 12.3. The molecule has 1 amide bonds. The Hall–Kier alpha value is -4.10. The Morgan fingerprint density at radius 3 is 1.95 bits per heavy atom. The quantitative estimate of drug-likeness (QED) is 0.301. The highest BCUT2D eigenvalue weighted by Gasteiger charge is 2.30. The molecular weight excluding hydrogens is 496 g/mol. The van der Waals surface area contributed by atoms with Crippen LogP contribution in [0.15, 0.2) is 102 Å². The fourth-order valence-electron chi connectivity index (χ4n) is 4.23. The number of nitrogens with zero attached hydrogens (tertiary/aromatic N) is 1. The summed E-state index contributed by atoms with van der Waals surface area (Å²) in [6.45, 7) is 5.33. The van der Waals surface area contributed by atoms with Gasteiger partial charge in [0.2, 0.25) is 5.91 Å². The van der Waals surface area contributed by atoms with Crippen molar-refractivity contribution in [1.82, 2.24) is 5.32 Å². The molecule has 0 fully saturated rings. The van der Waals surface area contributed by atoms with E-state index in [0.29, 0.717) is 11.4 Å². The van der Waals surface area contributed by atoms with E-state index in [2.05, 4.69) is 5.32 Å². The SMILES string of the molecule is COc1ccc(C)cc1N(CC(=O)NC(c1ccccc1)c1ccc(C)cc1)S(=O)(=O)c1ccc(C)cc1. The van der Waals surface area contributed by atoms with Crippen molar-refractivity contribution < 1.29 is 17.9 Å². The molecule has 196 valence electrons. The molecule has 0 aliphatic heterocycles. The van der Waals surface area contributed by atoms with Gasteiger partial charge in [-0.15, -0.1) is 0 Å². The Morgan fingerprint density at radius 1 is 0.789 bits per heavy atom. The van der Waals surface area contributed by atoms with Gasteiger partial charge in [-0.1, -0.05) is 83.9 Å². The maximum Gasteiger partial charge on any atom is 0.264 e. The average molecular weight is 529 g/mol. The molecule has 0 spiro atoms. The first-order valence-corrected chi connectivity index (χ1v) is 13.8. The summed E-state index contributed by atoms with van der Waals surface area (Å²) in [5.41, 5.74) is 4.97. The molecule has 6 nitrogen and oxygen atoms in total. The number of anilines is 1. The van der Waals surface area contributed by atoms with Crippen LogP contribution in [0.2, 0.25) is 0 Å². The van der Waals surface area contributed by atoms with E-state index in [0.717, 1.165) is 32.1 Å². The summed E-state index contributed by atoms with van der Waals surface area (Å²) in [5.74, 6) is -0.0871. The van der Waals surface area contributed by atoms with Gasteiger partial charge in [0, 0.05) is 0 Å². The van der Waals surface area contributed by atoms with Crippen LogP contribution in [0.4, 0.5) is 5.69 Å². The molecule has 0 saturated heterocycles. The van der Waals surface area contributed by atoms with Crippen LogP contribution in [0.5, 0.6) is 5.75 Å². The maximum atomic E-state index is 13.9. The minimum atomic E-state index is -4.09. The van der Waals surface area contributed by atoms with Crippen molar-refractivity contribution in [2.45, 2.75) is 31.7 Å². The molecule has 0 saturated carbocycles. The zero-order valence-electron chi connectivity index (χ0n) is 22.0. The fourth-order valence-corrected chi connectivity index (χ4v) is 5.66. The van der Waals surface area contributed by atoms with Crippen molar-refractivity contribution in [3.05, 3.63) is 125 Å². The number of benzene rings is 4. The number of amides is 1. The molecule has 1 atom stereocenters. The average Bonchev–Trinajstić information content (AvgIpc) is 2.91.